The molecule has 5 heteroatoms. The first-order chi connectivity index (χ1) is 7.06. The first-order valence-corrected chi connectivity index (χ1v) is 4.53. The zero-order valence-electron chi connectivity index (χ0n) is 8.81. The molecule has 5 nitrogen and oxygen atoms in total. The highest BCUT2D eigenvalue weighted by atomic mass is 16.5. The Morgan fingerprint density at radius 2 is 1.93 bits per heavy atom. The van der Waals surface area contributed by atoms with E-state index in [1.807, 2.05) is 12.1 Å². The Kier molecular flexibility index (Phi) is 3.51. The lowest BCUT2D eigenvalue weighted by Gasteiger charge is -2.22. The van der Waals surface area contributed by atoms with E-state index in [9.17, 15) is 4.79 Å². The second-order valence-corrected chi connectivity index (χ2v) is 3.19. The number of nitrogens with two attached hydrogens (primary N) is 2. The average Bonchev–Trinajstić information content (AvgIpc) is 2.27. The van der Waals surface area contributed by atoms with Crippen molar-refractivity contribution in [1.29, 1.82) is 0 Å². The van der Waals surface area contributed by atoms with Crippen molar-refractivity contribution in [2.24, 2.45) is 11.6 Å². The molecule has 1 atom stereocenters. The lowest BCUT2D eigenvalue weighted by atomic mass is 10.1. The number of hydrazine groups is 1. The van der Waals surface area contributed by atoms with Crippen LogP contribution in [-0.2, 0) is 0 Å². The summed E-state index contributed by atoms with van der Waals surface area (Å²) in [4.78, 5) is 10.8. The fraction of sp³-hybridized carbons (Fsp3) is 0.300. The Morgan fingerprint density at radius 1 is 1.40 bits per heavy atom. The van der Waals surface area contributed by atoms with Gasteiger partial charge >= 0.3 is 6.03 Å². The van der Waals surface area contributed by atoms with Gasteiger partial charge in [0.2, 0.25) is 0 Å². The Hall–Kier alpha value is -1.75. The van der Waals surface area contributed by atoms with Crippen LogP contribution in [0.4, 0.5) is 4.79 Å². The molecule has 0 saturated heterocycles. The second-order valence-electron chi connectivity index (χ2n) is 3.19. The maximum absolute atomic E-state index is 10.8. The topological polar surface area (TPSA) is 81.6 Å². The summed E-state index contributed by atoms with van der Waals surface area (Å²) >= 11 is 0. The molecule has 0 aliphatic carbocycles. The van der Waals surface area contributed by atoms with Crippen molar-refractivity contribution < 1.29 is 9.53 Å². The number of nitrogens with zero attached hydrogens (tertiary/aromatic N) is 1. The molecule has 4 N–H and O–H groups in total. The van der Waals surface area contributed by atoms with Gasteiger partial charge < -0.3 is 10.5 Å². The van der Waals surface area contributed by atoms with Crippen LogP contribution in [0.1, 0.15) is 18.5 Å². The normalized spacial score (nSPS) is 11.9. The van der Waals surface area contributed by atoms with Crippen LogP contribution in [0, 0.1) is 0 Å². The van der Waals surface area contributed by atoms with E-state index in [0.29, 0.717) is 0 Å². The molecule has 0 saturated carbocycles. The zero-order chi connectivity index (χ0) is 11.4. The van der Waals surface area contributed by atoms with Gasteiger partial charge in [0.15, 0.2) is 0 Å². The van der Waals surface area contributed by atoms with E-state index in [4.69, 9.17) is 16.3 Å². The lowest BCUT2D eigenvalue weighted by molar-refractivity contribution is 0.190. The molecule has 1 aromatic rings. The molecule has 1 rings (SSSR count). The highest BCUT2D eigenvalue weighted by Crippen LogP contribution is 2.20. The van der Waals surface area contributed by atoms with Crippen molar-refractivity contribution >= 4 is 6.03 Å². The van der Waals surface area contributed by atoms with Crippen LogP contribution < -0.4 is 16.3 Å². The average molecular weight is 209 g/mol. The zero-order valence-corrected chi connectivity index (χ0v) is 8.81. The van der Waals surface area contributed by atoms with Crippen molar-refractivity contribution in [2.75, 3.05) is 7.11 Å². The summed E-state index contributed by atoms with van der Waals surface area (Å²) in [6, 6.07) is 6.38. The van der Waals surface area contributed by atoms with Gasteiger partial charge in [-0.05, 0) is 24.6 Å². The van der Waals surface area contributed by atoms with Gasteiger partial charge in [0.1, 0.15) is 5.75 Å². The van der Waals surface area contributed by atoms with Crippen molar-refractivity contribution in [2.45, 2.75) is 13.0 Å². The number of carbonyl (C=O) groups excluding carboxylic acids is 1. The van der Waals surface area contributed by atoms with Crippen LogP contribution in [0.3, 0.4) is 0 Å². The van der Waals surface area contributed by atoms with Crippen LogP contribution in [0.2, 0.25) is 0 Å². The minimum absolute atomic E-state index is 0.256. The SMILES string of the molecule is COc1ccc([C@H](C)N(N)C(N)=O)cc1. The third-order valence-electron chi connectivity index (χ3n) is 2.27. The molecule has 0 unspecified atom stereocenters. The predicted molar refractivity (Wildman–Crippen MR) is 57.0 cm³/mol. The third-order valence-corrected chi connectivity index (χ3v) is 2.27. The van der Waals surface area contributed by atoms with E-state index < -0.39 is 6.03 Å². The molecular formula is C10H15N3O2. The fourth-order valence-electron chi connectivity index (χ4n) is 1.23. The number of rotatable bonds is 3. The van der Waals surface area contributed by atoms with Gasteiger partial charge in [-0.3, -0.25) is 5.01 Å². The predicted octanol–water partition coefficient (Wildman–Crippen LogP) is 1.01. The number of carbonyl (C=O) groups is 1. The fourth-order valence-corrected chi connectivity index (χ4v) is 1.23. The quantitative estimate of drug-likeness (QED) is 0.443. The van der Waals surface area contributed by atoms with Crippen LogP contribution in [-0.4, -0.2) is 18.1 Å². The summed E-state index contributed by atoms with van der Waals surface area (Å²) in [6.45, 7) is 1.80. The van der Waals surface area contributed by atoms with Gasteiger partial charge in [-0.15, -0.1) is 0 Å². The van der Waals surface area contributed by atoms with Gasteiger partial charge in [-0.25, -0.2) is 10.6 Å². The van der Waals surface area contributed by atoms with Crippen LogP contribution in [0.15, 0.2) is 24.3 Å². The molecule has 0 fully saturated rings. The first kappa shape index (κ1) is 11.3. The minimum Gasteiger partial charge on any atom is -0.497 e. The molecule has 0 aromatic heterocycles. The number of primary amides is 1. The van der Waals surface area contributed by atoms with Gasteiger partial charge in [0.05, 0.1) is 13.2 Å². The Bertz CT molecular complexity index is 337. The molecule has 0 aliphatic heterocycles. The van der Waals surface area contributed by atoms with Crippen LogP contribution >= 0.6 is 0 Å². The molecular weight excluding hydrogens is 194 g/mol. The Labute approximate surface area is 88.6 Å². The summed E-state index contributed by atoms with van der Waals surface area (Å²) in [5.74, 6) is 6.25. The minimum atomic E-state index is -0.654. The Balaban J connectivity index is 2.82. The maximum Gasteiger partial charge on any atom is 0.329 e. The van der Waals surface area contributed by atoms with E-state index in [1.54, 1.807) is 26.2 Å². The molecule has 2 amide bonds. The van der Waals surface area contributed by atoms with E-state index in [1.165, 1.54) is 0 Å². The number of hydrogen-bond donors (Lipinski definition) is 2. The highest BCUT2D eigenvalue weighted by Gasteiger charge is 2.15. The van der Waals surface area contributed by atoms with Crippen molar-refractivity contribution in [3.8, 4) is 5.75 Å². The van der Waals surface area contributed by atoms with E-state index in [0.717, 1.165) is 16.3 Å². The number of amides is 2. The van der Waals surface area contributed by atoms with Gasteiger partial charge in [0.25, 0.3) is 0 Å². The smallest absolute Gasteiger partial charge is 0.329 e. The summed E-state index contributed by atoms with van der Waals surface area (Å²) in [6.07, 6.45) is 0. The standard InChI is InChI=1S/C10H15N3O2/c1-7(13(12)10(11)14)8-3-5-9(15-2)6-4-8/h3-7H,12H2,1-2H3,(H2,11,14)/t7-/m0/s1. The molecule has 1 aromatic carbocycles. The first-order valence-electron chi connectivity index (χ1n) is 4.53. The number of methoxy groups -OCH3 is 1. The summed E-state index contributed by atoms with van der Waals surface area (Å²) in [5.41, 5.74) is 5.97. The summed E-state index contributed by atoms with van der Waals surface area (Å²) in [5, 5.41) is 0.988. The molecule has 0 spiro atoms. The van der Waals surface area contributed by atoms with Gasteiger partial charge in [-0.2, -0.15) is 0 Å². The monoisotopic (exact) mass is 209 g/mol. The highest BCUT2D eigenvalue weighted by molar-refractivity contribution is 5.71. The molecule has 0 radical (unpaired) electrons. The molecule has 0 bridgehead atoms. The number of ether oxygens (including phenoxy) is 1. The molecule has 0 heterocycles. The maximum atomic E-state index is 10.8. The van der Waals surface area contributed by atoms with Crippen LogP contribution in [0.5, 0.6) is 5.75 Å². The third kappa shape index (κ3) is 2.60. The second kappa shape index (κ2) is 4.65. The molecule has 0 aliphatic rings. The molecule has 15 heavy (non-hydrogen) atoms. The lowest BCUT2D eigenvalue weighted by Crippen LogP contribution is -2.43. The van der Waals surface area contributed by atoms with E-state index in [-0.39, 0.29) is 6.04 Å². The number of benzene rings is 1. The summed E-state index contributed by atoms with van der Waals surface area (Å²) in [7, 11) is 1.59. The number of hydrogen-bond acceptors (Lipinski definition) is 3. The van der Waals surface area contributed by atoms with Crippen molar-refractivity contribution in [1.82, 2.24) is 5.01 Å². The van der Waals surface area contributed by atoms with Crippen molar-refractivity contribution in [3.05, 3.63) is 29.8 Å². The van der Waals surface area contributed by atoms with Gasteiger partial charge in [0, 0.05) is 0 Å². The van der Waals surface area contributed by atoms with Crippen molar-refractivity contribution in [3.63, 3.8) is 0 Å². The molecule has 82 valence electrons. The summed E-state index contributed by atoms with van der Waals surface area (Å²) < 4.78 is 5.02. The Morgan fingerprint density at radius 3 is 2.33 bits per heavy atom. The van der Waals surface area contributed by atoms with E-state index >= 15 is 0 Å². The van der Waals surface area contributed by atoms with Gasteiger partial charge in [-0.1, -0.05) is 12.1 Å². The largest absolute Gasteiger partial charge is 0.497 e. The van der Waals surface area contributed by atoms with Crippen LogP contribution in [0.25, 0.3) is 0 Å². The van der Waals surface area contributed by atoms with E-state index in [2.05, 4.69) is 0 Å². The number of urea groups is 1.